The van der Waals surface area contributed by atoms with E-state index in [1.807, 2.05) is 30.7 Å². The number of amides is 2. The molecule has 1 saturated carbocycles. The number of carbonyl (C=O) groups is 1. The van der Waals surface area contributed by atoms with Gasteiger partial charge in [0.15, 0.2) is 0 Å². The van der Waals surface area contributed by atoms with E-state index >= 15 is 0 Å². The lowest BCUT2D eigenvalue weighted by molar-refractivity contribution is 0.0853. The zero-order chi connectivity index (χ0) is 18.5. The molecule has 26 heavy (non-hydrogen) atoms. The molecule has 0 saturated heterocycles. The molecule has 3 N–H and O–H groups in total. The number of pyridine rings is 1. The van der Waals surface area contributed by atoms with Crippen molar-refractivity contribution in [1.82, 2.24) is 30.4 Å². The molecule has 2 heterocycles. The van der Waals surface area contributed by atoms with Gasteiger partial charge in [-0.15, -0.1) is 0 Å². The number of rotatable bonds is 5. The van der Waals surface area contributed by atoms with Crippen LogP contribution in [0.5, 0.6) is 0 Å². The third-order valence-corrected chi connectivity index (χ3v) is 4.66. The summed E-state index contributed by atoms with van der Waals surface area (Å²) in [5.74, 6) is 1.65. The maximum Gasteiger partial charge on any atom is 0.315 e. The highest BCUT2D eigenvalue weighted by Gasteiger charge is 2.33. The Morgan fingerprint density at radius 1 is 1.42 bits per heavy atom. The van der Waals surface area contributed by atoms with Gasteiger partial charge in [-0.3, -0.25) is 4.98 Å². The van der Waals surface area contributed by atoms with Crippen molar-refractivity contribution in [3.63, 3.8) is 0 Å². The van der Waals surface area contributed by atoms with Crippen LogP contribution in [0.15, 0.2) is 24.5 Å². The number of hydrogen-bond donors (Lipinski definition) is 3. The first-order chi connectivity index (χ1) is 12.6. The van der Waals surface area contributed by atoms with Crippen LogP contribution in [0.1, 0.15) is 50.2 Å². The summed E-state index contributed by atoms with van der Waals surface area (Å²) in [5.41, 5.74) is 0.861. The summed E-state index contributed by atoms with van der Waals surface area (Å²) in [6.45, 7) is 4.48. The number of hydrogen-bond acceptors (Lipinski definition) is 5. The fourth-order valence-corrected chi connectivity index (χ4v) is 3.37. The van der Waals surface area contributed by atoms with E-state index in [1.54, 1.807) is 12.4 Å². The monoisotopic (exact) mass is 358 g/mol. The second-order valence-electron chi connectivity index (χ2n) is 6.72. The summed E-state index contributed by atoms with van der Waals surface area (Å²) in [4.78, 5) is 20.7. The normalized spacial score (nSPS) is 22.8. The van der Waals surface area contributed by atoms with E-state index in [-0.39, 0.29) is 18.0 Å². The number of nitrogens with zero attached hydrogens (tertiary/aromatic N) is 4. The molecule has 1 aliphatic carbocycles. The fourth-order valence-electron chi connectivity index (χ4n) is 3.37. The van der Waals surface area contributed by atoms with Gasteiger partial charge in [0.05, 0.1) is 24.0 Å². The maximum atomic E-state index is 12.0. The molecule has 2 aromatic heterocycles. The topological polar surface area (TPSA) is 105 Å². The standard InChI is InChI=1S/C18H26N6O2/c1-3-8-20-18(26)22-15-10-13(6-7-16(15)25)17-21-12(2)23-24(17)14-5-4-9-19-11-14/h4-5,9,11,13,15-16,25H,3,6-8,10H2,1-2H3,(H2,20,22,26)/t13-,15+,16+/m0/s1. The number of aliphatic hydroxyl groups is 1. The van der Waals surface area contributed by atoms with Crippen molar-refractivity contribution in [2.45, 2.75) is 57.6 Å². The van der Waals surface area contributed by atoms with Crippen molar-refractivity contribution in [3.8, 4) is 5.69 Å². The molecule has 2 amide bonds. The van der Waals surface area contributed by atoms with Crippen LogP contribution in [0, 0.1) is 6.92 Å². The molecule has 8 nitrogen and oxygen atoms in total. The lowest BCUT2D eigenvalue weighted by Crippen LogP contribution is -2.50. The molecule has 140 valence electrons. The first kappa shape index (κ1) is 18.3. The zero-order valence-electron chi connectivity index (χ0n) is 15.2. The third-order valence-electron chi connectivity index (χ3n) is 4.66. The quantitative estimate of drug-likeness (QED) is 0.754. The van der Waals surface area contributed by atoms with Crippen molar-refractivity contribution in [2.75, 3.05) is 6.54 Å². The van der Waals surface area contributed by atoms with E-state index in [4.69, 9.17) is 0 Å². The van der Waals surface area contributed by atoms with E-state index in [0.29, 0.717) is 25.2 Å². The number of aromatic nitrogens is 4. The van der Waals surface area contributed by atoms with E-state index in [0.717, 1.165) is 24.4 Å². The maximum absolute atomic E-state index is 12.0. The summed E-state index contributed by atoms with van der Waals surface area (Å²) in [6.07, 6.45) is 5.84. The van der Waals surface area contributed by atoms with Gasteiger partial charge in [-0.25, -0.2) is 14.5 Å². The largest absolute Gasteiger partial charge is 0.391 e. The predicted octanol–water partition coefficient (Wildman–Crippen LogP) is 1.68. The fraction of sp³-hybridized carbons (Fsp3) is 0.556. The van der Waals surface area contributed by atoms with Crippen LogP contribution in [-0.4, -0.2) is 49.6 Å². The van der Waals surface area contributed by atoms with E-state index in [1.165, 1.54) is 0 Å². The van der Waals surface area contributed by atoms with Crippen LogP contribution in [0.3, 0.4) is 0 Å². The lowest BCUT2D eigenvalue weighted by Gasteiger charge is -2.33. The second-order valence-corrected chi connectivity index (χ2v) is 6.72. The molecule has 2 aromatic rings. The smallest absolute Gasteiger partial charge is 0.315 e. The molecular weight excluding hydrogens is 332 g/mol. The summed E-state index contributed by atoms with van der Waals surface area (Å²) >= 11 is 0. The Morgan fingerprint density at radius 3 is 3.00 bits per heavy atom. The van der Waals surface area contributed by atoms with Gasteiger partial charge in [0, 0.05) is 18.7 Å². The Bertz CT molecular complexity index is 733. The minimum absolute atomic E-state index is 0.108. The van der Waals surface area contributed by atoms with Gasteiger partial charge in [-0.05, 0) is 44.7 Å². The van der Waals surface area contributed by atoms with Gasteiger partial charge in [-0.1, -0.05) is 6.92 Å². The van der Waals surface area contributed by atoms with Crippen LogP contribution in [0.25, 0.3) is 5.69 Å². The Morgan fingerprint density at radius 2 is 2.27 bits per heavy atom. The summed E-state index contributed by atoms with van der Waals surface area (Å²) < 4.78 is 1.82. The molecule has 0 aliphatic heterocycles. The highest BCUT2D eigenvalue weighted by Crippen LogP contribution is 2.33. The number of aryl methyl sites for hydroxylation is 1. The lowest BCUT2D eigenvalue weighted by atomic mass is 9.83. The molecule has 0 aromatic carbocycles. The van der Waals surface area contributed by atoms with Gasteiger partial charge in [0.25, 0.3) is 0 Å². The van der Waals surface area contributed by atoms with Gasteiger partial charge < -0.3 is 15.7 Å². The number of carbonyl (C=O) groups excluding carboxylic acids is 1. The number of urea groups is 1. The van der Waals surface area contributed by atoms with Crippen LogP contribution in [-0.2, 0) is 0 Å². The van der Waals surface area contributed by atoms with Crippen LogP contribution in [0.4, 0.5) is 4.79 Å². The highest BCUT2D eigenvalue weighted by molar-refractivity contribution is 5.74. The van der Waals surface area contributed by atoms with Crippen molar-refractivity contribution in [2.24, 2.45) is 0 Å². The van der Waals surface area contributed by atoms with Crippen molar-refractivity contribution >= 4 is 6.03 Å². The van der Waals surface area contributed by atoms with Crippen LogP contribution < -0.4 is 10.6 Å². The molecule has 0 bridgehead atoms. The molecule has 0 spiro atoms. The molecule has 1 aliphatic rings. The predicted molar refractivity (Wildman–Crippen MR) is 97.1 cm³/mol. The molecule has 0 radical (unpaired) electrons. The molecule has 0 unspecified atom stereocenters. The van der Waals surface area contributed by atoms with Gasteiger partial charge >= 0.3 is 6.03 Å². The van der Waals surface area contributed by atoms with Gasteiger partial charge in [0.2, 0.25) is 0 Å². The van der Waals surface area contributed by atoms with Crippen LogP contribution >= 0.6 is 0 Å². The molecular formula is C18H26N6O2. The first-order valence-electron chi connectivity index (χ1n) is 9.15. The summed E-state index contributed by atoms with van der Waals surface area (Å²) in [6, 6.07) is 3.27. The van der Waals surface area contributed by atoms with Gasteiger partial charge in [-0.2, -0.15) is 5.10 Å². The Kier molecular flexibility index (Phi) is 5.82. The second kappa shape index (κ2) is 8.27. The summed E-state index contributed by atoms with van der Waals surface area (Å²) in [7, 11) is 0. The average molecular weight is 358 g/mol. The van der Waals surface area contributed by atoms with Crippen molar-refractivity contribution < 1.29 is 9.90 Å². The summed E-state index contributed by atoms with van der Waals surface area (Å²) in [5, 5.41) is 20.5. The Labute approximate surface area is 153 Å². The molecule has 3 rings (SSSR count). The van der Waals surface area contributed by atoms with E-state index < -0.39 is 6.10 Å². The number of nitrogens with one attached hydrogen (secondary N) is 2. The Balaban J connectivity index is 1.77. The third kappa shape index (κ3) is 4.19. The first-order valence-corrected chi connectivity index (χ1v) is 9.15. The molecule has 1 fully saturated rings. The SMILES string of the molecule is CCCNC(=O)N[C@@H]1C[C@@H](c2nc(C)nn2-c2cccnc2)CC[C@H]1O. The van der Waals surface area contributed by atoms with Crippen molar-refractivity contribution in [1.29, 1.82) is 0 Å². The van der Waals surface area contributed by atoms with Gasteiger partial charge in [0.1, 0.15) is 11.6 Å². The zero-order valence-corrected chi connectivity index (χ0v) is 15.2. The van der Waals surface area contributed by atoms with Crippen molar-refractivity contribution in [3.05, 3.63) is 36.2 Å². The number of aliphatic hydroxyl groups excluding tert-OH is 1. The minimum atomic E-state index is -0.547. The Hall–Kier alpha value is -2.48. The molecule has 8 heteroatoms. The highest BCUT2D eigenvalue weighted by atomic mass is 16.3. The molecule has 3 atom stereocenters. The van der Waals surface area contributed by atoms with E-state index in [2.05, 4.69) is 25.7 Å². The average Bonchev–Trinajstić information content (AvgIpc) is 3.04. The van der Waals surface area contributed by atoms with Crippen LogP contribution in [0.2, 0.25) is 0 Å². The minimum Gasteiger partial charge on any atom is -0.391 e. The van der Waals surface area contributed by atoms with E-state index in [9.17, 15) is 9.90 Å².